The predicted octanol–water partition coefficient (Wildman–Crippen LogP) is 2.28. The van der Waals surface area contributed by atoms with E-state index in [1.165, 1.54) is 9.56 Å². The molecule has 0 amide bonds. The zero-order valence-electron chi connectivity index (χ0n) is 10.0. The Morgan fingerprint density at radius 3 is 2.94 bits per heavy atom. The summed E-state index contributed by atoms with van der Waals surface area (Å²) in [5, 5.41) is 5.16. The lowest BCUT2D eigenvalue weighted by Crippen LogP contribution is -2.22. The van der Waals surface area contributed by atoms with Gasteiger partial charge in [0.1, 0.15) is 5.52 Å². The lowest BCUT2D eigenvalue weighted by Gasteiger charge is -2.01. The maximum absolute atomic E-state index is 12.2. The molecule has 3 rings (SSSR count). The number of thiophene rings is 1. The molecule has 0 atom stereocenters. The largest absolute Gasteiger partial charge is 0.338 e. The summed E-state index contributed by atoms with van der Waals surface area (Å²) in [4.78, 5) is 13.5. The van der Waals surface area contributed by atoms with Crippen LogP contribution < -0.4 is 5.56 Å². The van der Waals surface area contributed by atoms with Crippen LogP contribution in [-0.2, 0) is 13.6 Å². The molecule has 0 aliphatic heterocycles. The van der Waals surface area contributed by atoms with Gasteiger partial charge in [0.2, 0.25) is 0 Å². The van der Waals surface area contributed by atoms with Gasteiger partial charge in [0, 0.05) is 23.9 Å². The number of hydrogen-bond donors (Lipinski definition) is 0. The van der Waals surface area contributed by atoms with Crippen molar-refractivity contribution in [3.8, 4) is 0 Å². The van der Waals surface area contributed by atoms with Crippen molar-refractivity contribution in [2.24, 2.45) is 7.05 Å². The molecule has 3 aromatic rings. The first-order valence-electron chi connectivity index (χ1n) is 5.58. The molecule has 0 saturated carbocycles. The number of hydrogen-bond acceptors (Lipinski definition) is 3. The van der Waals surface area contributed by atoms with Crippen molar-refractivity contribution in [2.45, 2.75) is 20.4 Å². The molecule has 17 heavy (non-hydrogen) atoms. The van der Waals surface area contributed by atoms with Crippen LogP contribution in [0.2, 0.25) is 0 Å². The van der Waals surface area contributed by atoms with E-state index in [4.69, 9.17) is 0 Å². The summed E-state index contributed by atoms with van der Waals surface area (Å²) in [5.41, 5.74) is 1.87. The first-order valence-corrected chi connectivity index (χ1v) is 6.39. The number of aromatic nitrogens is 3. The van der Waals surface area contributed by atoms with E-state index in [0.29, 0.717) is 6.54 Å². The molecule has 0 fully saturated rings. The third-order valence-electron chi connectivity index (χ3n) is 3.09. The topological polar surface area (TPSA) is 39.8 Å². The van der Waals surface area contributed by atoms with Gasteiger partial charge in [-0.05, 0) is 19.9 Å². The first kappa shape index (κ1) is 10.5. The summed E-state index contributed by atoms with van der Waals surface area (Å²) in [6.07, 6.45) is 1.80. The molecule has 88 valence electrons. The van der Waals surface area contributed by atoms with E-state index >= 15 is 0 Å². The minimum Gasteiger partial charge on any atom is -0.338 e. The van der Waals surface area contributed by atoms with Gasteiger partial charge in [0.25, 0.3) is 5.56 Å². The van der Waals surface area contributed by atoms with Gasteiger partial charge in [-0.3, -0.25) is 4.79 Å². The van der Waals surface area contributed by atoms with Gasteiger partial charge in [-0.25, -0.2) is 4.68 Å². The lowest BCUT2D eigenvalue weighted by atomic mass is 10.3. The molecular weight excluding hydrogens is 234 g/mol. The maximum atomic E-state index is 12.2. The molecule has 0 aromatic carbocycles. The highest BCUT2D eigenvalue weighted by Crippen LogP contribution is 2.32. The summed E-state index contributed by atoms with van der Waals surface area (Å²) in [6, 6.07) is 2.12. The SMILES string of the molecule is CCn1ncc2c3sc(C)cc3n(C)c2c1=O. The maximum Gasteiger partial charge on any atom is 0.291 e. The van der Waals surface area contributed by atoms with Gasteiger partial charge in [0.05, 0.1) is 16.4 Å². The molecule has 5 heteroatoms. The summed E-state index contributed by atoms with van der Waals surface area (Å²) in [5.74, 6) is 0. The molecule has 0 saturated heterocycles. The highest BCUT2D eigenvalue weighted by atomic mass is 32.1. The van der Waals surface area contributed by atoms with Crippen LogP contribution in [0.25, 0.3) is 21.1 Å². The zero-order valence-corrected chi connectivity index (χ0v) is 10.8. The highest BCUT2D eigenvalue weighted by molar-refractivity contribution is 7.20. The van der Waals surface area contributed by atoms with Crippen molar-refractivity contribution < 1.29 is 0 Å². The van der Waals surface area contributed by atoms with Crippen LogP contribution in [0.1, 0.15) is 11.8 Å². The van der Waals surface area contributed by atoms with Gasteiger partial charge in [-0.1, -0.05) is 0 Å². The van der Waals surface area contributed by atoms with E-state index < -0.39 is 0 Å². The Morgan fingerprint density at radius 1 is 1.47 bits per heavy atom. The predicted molar refractivity (Wildman–Crippen MR) is 70.8 cm³/mol. The van der Waals surface area contributed by atoms with Crippen molar-refractivity contribution in [3.05, 3.63) is 27.5 Å². The Morgan fingerprint density at radius 2 is 2.24 bits per heavy atom. The molecule has 3 heterocycles. The standard InChI is InChI=1S/C12H13N3OS/c1-4-15-12(16)10-8(6-13-15)11-9(14(10)3)5-7(2)17-11/h5-6H,4H2,1-3H3. The Hall–Kier alpha value is -1.62. The molecule has 0 radical (unpaired) electrons. The fraction of sp³-hybridized carbons (Fsp3) is 0.333. The minimum absolute atomic E-state index is 0.00597. The average molecular weight is 247 g/mol. The molecular formula is C12H13N3OS. The molecule has 0 N–H and O–H groups in total. The van der Waals surface area contributed by atoms with Gasteiger partial charge >= 0.3 is 0 Å². The Labute approximate surface area is 102 Å². The van der Waals surface area contributed by atoms with Crippen LogP contribution in [0.15, 0.2) is 17.1 Å². The van der Waals surface area contributed by atoms with E-state index in [0.717, 1.165) is 21.1 Å². The van der Waals surface area contributed by atoms with E-state index in [2.05, 4.69) is 18.1 Å². The van der Waals surface area contributed by atoms with Gasteiger partial charge < -0.3 is 4.57 Å². The summed E-state index contributed by atoms with van der Waals surface area (Å²) >= 11 is 1.72. The van der Waals surface area contributed by atoms with Crippen LogP contribution >= 0.6 is 11.3 Å². The van der Waals surface area contributed by atoms with Crippen LogP contribution in [0, 0.1) is 6.92 Å². The van der Waals surface area contributed by atoms with Crippen LogP contribution in [0.3, 0.4) is 0 Å². The summed E-state index contributed by atoms with van der Waals surface area (Å²) < 4.78 is 4.64. The second-order valence-electron chi connectivity index (χ2n) is 4.16. The van der Waals surface area contributed by atoms with Gasteiger partial charge in [-0.15, -0.1) is 11.3 Å². The Bertz CT molecular complexity index is 778. The molecule has 0 aliphatic carbocycles. The molecule has 3 aromatic heterocycles. The fourth-order valence-electron chi connectivity index (χ4n) is 2.26. The summed E-state index contributed by atoms with van der Waals surface area (Å²) in [6.45, 7) is 4.61. The monoisotopic (exact) mass is 247 g/mol. The molecule has 0 bridgehead atoms. The Balaban J connectivity index is 2.58. The second kappa shape index (κ2) is 3.43. The van der Waals surface area contributed by atoms with Crippen molar-refractivity contribution in [1.82, 2.24) is 14.3 Å². The van der Waals surface area contributed by atoms with Crippen molar-refractivity contribution in [3.63, 3.8) is 0 Å². The highest BCUT2D eigenvalue weighted by Gasteiger charge is 2.15. The van der Waals surface area contributed by atoms with Crippen LogP contribution in [0.5, 0.6) is 0 Å². The number of nitrogens with zero attached hydrogens (tertiary/aromatic N) is 3. The molecule has 0 unspecified atom stereocenters. The third kappa shape index (κ3) is 1.29. The fourth-order valence-corrected chi connectivity index (χ4v) is 3.31. The van der Waals surface area contributed by atoms with E-state index in [1.807, 2.05) is 18.5 Å². The second-order valence-corrected chi connectivity index (χ2v) is 5.41. The quantitative estimate of drug-likeness (QED) is 0.662. The van der Waals surface area contributed by atoms with E-state index in [-0.39, 0.29) is 5.56 Å². The molecule has 4 nitrogen and oxygen atoms in total. The molecule has 0 aliphatic rings. The normalized spacial score (nSPS) is 11.7. The van der Waals surface area contributed by atoms with Crippen molar-refractivity contribution in [2.75, 3.05) is 0 Å². The number of rotatable bonds is 1. The zero-order chi connectivity index (χ0) is 12.2. The number of aryl methyl sites for hydroxylation is 3. The van der Waals surface area contributed by atoms with Crippen LogP contribution in [0.4, 0.5) is 0 Å². The van der Waals surface area contributed by atoms with Crippen LogP contribution in [-0.4, -0.2) is 14.3 Å². The summed E-state index contributed by atoms with van der Waals surface area (Å²) in [7, 11) is 1.94. The van der Waals surface area contributed by atoms with Gasteiger partial charge in [-0.2, -0.15) is 5.10 Å². The minimum atomic E-state index is -0.00597. The smallest absolute Gasteiger partial charge is 0.291 e. The molecule has 0 spiro atoms. The van der Waals surface area contributed by atoms with Crippen molar-refractivity contribution >= 4 is 32.5 Å². The van der Waals surface area contributed by atoms with E-state index in [1.54, 1.807) is 17.5 Å². The van der Waals surface area contributed by atoms with E-state index in [9.17, 15) is 4.79 Å². The number of fused-ring (bicyclic) bond motifs is 3. The Kier molecular flexibility index (Phi) is 2.13. The van der Waals surface area contributed by atoms with Crippen molar-refractivity contribution in [1.29, 1.82) is 0 Å². The first-order chi connectivity index (χ1) is 8.13. The third-order valence-corrected chi connectivity index (χ3v) is 4.17. The van der Waals surface area contributed by atoms with Gasteiger partial charge in [0.15, 0.2) is 0 Å². The lowest BCUT2D eigenvalue weighted by molar-refractivity contribution is 0.620. The average Bonchev–Trinajstić information content (AvgIpc) is 2.79.